The summed E-state index contributed by atoms with van der Waals surface area (Å²) >= 11 is 0. The van der Waals surface area contributed by atoms with Gasteiger partial charge in [0.1, 0.15) is 5.52 Å². The number of nitrogens with one attached hydrogen (secondary N) is 1. The van der Waals surface area contributed by atoms with Crippen molar-refractivity contribution in [2.75, 3.05) is 5.32 Å². The molecule has 1 N–H and O–H groups in total. The van der Waals surface area contributed by atoms with Crippen LogP contribution in [0.5, 0.6) is 0 Å². The van der Waals surface area contributed by atoms with Crippen LogP contribution in [-0.4, -0.2) is 25.6 Å². The summed E-state index contributed by atoms with van der Waals surface area (Å²) in [4.78, 5) is 11.7. The van der Waals surface area contributed by atoms with E-state index in [2.05, 4.69) is 20.3 Å². The SMILES string of the molecule is Cc1cccc(Cn2cnc3c(NC4CC4)nc(C(F)(F)F)nc32)c1. The van der Waals surface area contributed by atoms with E-state index in [-0.39, 0.29) is 17.5 Å². The Morgan fingerprint density at radius 2 is 2.04 bits per heavy atom. The smallest absolute Gasteiger partial charge is 0.365 e. The first-order valence-electron chi connectivity index (χ1n) is 8.02. The molecule has 130 valence electrons. The average molecular weight is 347 g/mol. The lowest BCUT2D eigenvalue weighted by atomic mass is 10.1. The Labute approximate surface area is 141 Å². The van der Waals surface area contributed by atoms with Gasteiger partial charge in [-0.15, -0.1) is 0 Å². The fraction of sp³-hybridized carbons (Fsp3) is 0.353. The monoisotopic (exact) mass is 347 g/mol. The molecule has 1 aliphatic rings. The van der Waals surface area contributed by atoms with Crippen molar-refractivity contribution in [3.05, 3.63) is 47.5 Å². The highest BCUT2D eigenvalue weighted by Crippen LogP contribution is 2.32. The summed E-state index contributed by atoms with van der Waals surface area (Å²) in [7, 11) is 0. The molecule has 25 heavy (non-hydrogen) atoms. The molecular formula is C17H16F3N5. The standard InChI is InChI=1S/C17H16F3N5/c1-10-3-2-4-11(7-10)8-25-9-21-13-14(22-12-5-6-12)23-16(17(18,19)20)24-15(13)25/h2-4,7,9,12H,5-6,8H2,1H3,(H,22,23,24). The largest absolute Gasteiger partial charge is 0.451 e. The average Bonchev–Trinajstić information content (AvgIpc) is 3.26. The number of imidazole rings is 1. The zero-order valence-electron chi connectivity index (χ0n) is 13.5. The maximum absolute atomic E-state index is 13.2. The van der Waals surface area contributed by atoms with E-state index < -0.39 is 12.0 Å². The molecule has 0 spiro atoms. The Kier molecular flexibility index (Phi) is 3.63. The molecule has 5 nitrogen and oxygen atoms in total. The maximum atomic E-state index is 13.2. The van der Waals surface area contributed by atoms with Gasteiger partial charge in [0.05, 0.1) is 12.9 Å². The summed E-state index contributed by atoms with van der Waals surface area (Å²) < 4.78 is 41.2. The molecule has 1 fully saturated rings. The number of aryl methyl sites for hydroxylation is 1. The Hall–Kier alpha value is -2.64. The minimum atomic E-state index is -4.60. The molecule has 3 aromatic rings. The van der Waals surface area contributed by atoms with Crippen LogP contribution in [-0.2, 0) is 12.7 Å². The molecule has 0 atom stereocenters. The number of nitrogens with zero attached hydrogens (tertiary/aromatic N) is 4. The molecule has 0 bridgehead atoms. The number of rotatable bonds is 4. The van der Waals surface area contributed by atoms with Gasteiger partial charge in [0.25, 0.3) is 0 Å². The first-order chi connectivity index (χ1) is 11.9. The number of aromatic nitrogens is 4. The molecule has 2 aromatic heterocycles. The van der Waals surface area contributed by atoms with Gasteiger partial charge in [-0.3, -0.25) is 0 Å². The Morgan fingerprint density at radius 1 is 1.24 bits per heavy atom. The lowest BCUT2D eigenvalue weighted by Crippen LogP contribution is -2.15. The second-order valence-electron chi connectivity index (χ2n) is 6.35. The summed E-state index contributed by atoms with van der Waals surface area (Å²) in [6.45, 7) is 2.37. The highest BCUT2D eigenvalue weighted by molar-refractivity contribution is 5.83. The molecule has 1 saturated carbocycles. The Morgan fingerprint density at radius 3 is 2.72 bits per heavy atom. The Balaban J connectivity index is 1.79. The van der Waals surface area contributed by atoms with Gasteiger partial charge in [-0.2, -0.15) is 13.2 Å². The lowest BCUT2D eigenvalue weighted by molar-refractivity contribution is -0.144. The van der Waals surface area contributed by atoms with Gasteiger partial charge in [-0.05, 0) is 25.3 Å². The summed E-state index contributed by atoms with van der Waals surface area (Å²) in [5.41, 5.74) is 2.62. The molecule has 0 radical (unpaired) electrons. The van der Waals surface area contributed by atoms with Crippen LogP contribution in [0.25, 0.3) is 11.2 Å². The predicted molar refractivity (Wildman–Crippen MR) is 87.3 cm³/mol. The molecule has 2 heterocycles. The molecule has 0 aliphatic heterocycles. The minimum absolute atomic E-state index is 0.155. The second-order valence-corrected chi connectivity index (χ2v) is 6.35. The van der Waals surface area contributed by atoms with Crippen molar-refractivity contribution in [1.82, 2.24) is 19.5 Å². The molecule has 0 amide bonds. The van der Waals surface area contributed by atoms with Crippen molar-refractivity contribution in [3.8, 4) is 0 Å². The summed E-state index contributed by atoms with van der Waals surface area (Å²) in [6, 6.07) is 7.97. The van der Waals surface area contributed by atoms with E-state index in [0.717, 1.165) is 24.0 Å². The van der Waals surface area contributed by atoms with Crippen molar-refractivity contribution >= 4 is 17.0 Å². The summed E-state index contributed by atoms with van der Waals surface area (Å²) in [5, 5.41) is 3.03. The zero-order chi connectivity index (χ0) is 17.6. The van der Waals surface area contributed by atoms with Gasteiger partial charge in [0, 0.05) is 6.04 Å². The van der Waals surface area contributed by atoms with Crippen molar-refractivity contribution < 1.29 is 13.2 Å². The van der Waals surface area contributed by atoms with Crippen LogP contribution in [0.4, 0.5) is 19.0 Å². The van der Waals surface area contributed by atoms with E-state index in [1.807, 2.05) is 31.2 Å². The molecule has 1 aliphatic carbocycles. The van der Waals surface area contributed by atoms with Crippen LogP contribution in [0, 0.1) is 6.92 Å². The number of hydrogen-bond donors (Lipinski definition) is 1. The third kappa shape index (κ3) is 3.29. The van der Waals surface area contributed by atoms with E-state index in [9.17, 15) is 13.2 Å². The van der Waals surface area contributed by atoms with Crippen LogP contribution in [0.15, 0.2) is 30.6 Å². The number of halogens is 3. The van der Waals surface area contributed by atoms with Gasteiger partial charge in [0.2, 0.25) is 5.82 Å². The lowest BCUT2D eigenvalue weighted by Gasteiger charge is -2.11. The van der Waals surface area contributed by atoms with Crippen molar-refractivity contribution in [2.24, 2.45) is 0 Å². The van der Waals surface area contributed by atoms with Crippen LogP contribution in [0.3, 0.4) is 0 Å². The minimum Gasteiger partial charge on any atom is -0.365 e. The fourth-order valence-electron chi connectivity index (χ4n) is 2.72. The predicted octanol–water partition coefficient (Wildman–Crippen LogP) is 3.78. The van der Waals surface area contributed by atoms with Crippen LogP contribution in [0.1, 0.15) is 29.8 Å². The fourth-order valence-corrected chi connectivity index (χ4v) is 2.72. The van der Waals surface area contributed by atoms with Gasteiger partial charge < -0.3 is 9.88 Å². The molecule has 0 unspecified atom stereocenters. The van der Waals surface area contributed by atoms with E-state index >= 15 is 0 Å². The van der Waals surface area contributed by atoms with Crippen LogP contribution >= 0.6 is 0 Å². The Bertz CT molecular complexity index is 928. The molecule has 1 aromatic carbocycles. The summed E-state index contributed by atoms with van der Waals surface area (Å²) in [5.74, 6) is -0.989. The van der Waals surface area contributed by atoms with Gasteiger partial charge >= 0.3 is 6.18 Å². The normalized spacial score (nSPS) is 14.9. The second kappa shape index (κ2) is 5.72. The number of anilines is 1. The first-order valence-corrected chi connectivity index (χ1v) is 8.02. The number of benzene rings is 1. The van der Waals surface area contributed by atoms with Crippen molar-refractivity contribution in [1.29, 1.82) is 0 Å². The molecule has 8 heteroatoms. The van der Waals surface area contributed by atoms with Crippen molar-refractivity contribution in [2.45, 2.75) is 38.5 Å². The van der Waals surface area contributed by atoms with E-state index in [1.165, 1.54) is 6.33 Å². The van der Waals surface area contributed by atoms with Gasteiger partial charge in [-0.25, -0.2) is 15.0 Å². The third-order valence-corrected chi connectivity index (χ3v) is 4.07. The summed E-state index contributed by atoms with van der Waals surface area (Å²) in [6.07, 6.45) is -1.24. The van der Waals surface area contributed by atoms with E-state index in [4.69, 9.17) is 0 Å². The number of alkyl halides is 3. The quantitative estimate of drug-likeness (QED) is 0.780. The highest BCUT2D eigenvalue weighted by Gasteiger charge is 2.37. The van der Waals surface area contributed by atoms with E-state index in [0.29, 0.717) is 12.1 Å². The van der Waals surface area contributed by atoms with Crippen LogP contribution in [0.2, 0.25) is 0 Å². The van der Waals surface area contributed by atoms with Crippen LogP contribution < -0.4 is 5.32 Å². The molecular weight excluding hydrogens is 331 g/mol. The number of hydrogen-bond acceptors (Lipinski definition) is 4. The molecule has 0 saturated heterocycles. The maximum Gasteiger partial charge on any atom is 0.451 e. The molecule has 4 rings (SSSR count). The van der Waals surface area contributed by atoms with E-state index in [1.54, 1.807) is 4.57 Å². The van der Waals surface area contributed by atoms with Crippen molar-refractivity contribution in [3.63, 3.8) is 0 Å². The first kappa shape index (κ1) is 15.9. The highest BCUT2D eigenvalue weighted by atomic mass is 19.4. The van der Waals surface area contributed by atoms with Gasteiger partial charge in [0.15, 0.2) is 11.5 Å². The number of fused-ring (bicyclic) bond motifs is 1. The third-order valence-electron chi connectivity index (χ3n) is 4.07. The topological polar surface area (TPSA) is 55.6 Å². The zero-order valence-corrected chi connectivity index (χ0v) is 13.5. The van der Waals surface area contributed by atoms with Gasteiger partial charge in [-0.1, -0.05) is 29.8 Å².